The van der Waals surface area contributed by atoms with Crippen LogP contribution in [0.15, 0.2) is 67.0 Å². The molecule has 6 heteroatoms. The van der Waals surface area contributed by atoms with E-state index in [1.807, 2.05) is 30.5 Å². The number of carbonyl (C=O) groups excluding carboxylic acids is 1. The molecule has 0 saturated carbocycles. The highest BCUT2D eigenvalue weighted by Gasteiger charge is 2.12. The summed E-state index contributed by atoms with van der Waals surface area (Å²) in [4.78, 5) is 22.4. The zero-order valence-corrected chi connectivity index (χ0v) is 17.7. The van der Waals surface area contributed by atoms with Gasteiger partial charge in [-0.15, -0.1) is 0 Å². The van der Waals surface area contributed by atoms with E-state index in [4.69, 9.17) is 0 Å². The number of nitrogens with one attached hydrogen (secondary N) is 2. The molecule has 2 aromatic carbocycles. The van der Waals surface area contributed by atoms with Crippen LogP contribution in [0.2, 0.25) is 0 Å². The minimum atomic E-state index is -0.362. The minimum absolute atomic E-state index is 0.260. The van der Waals surface area contributed by atoms with Gasteiger partial charge in [0.2, 0.25) is 0 Å². The first kappa shape index (κ1) is 20.8. The van der Waals surface area contributed by atoms with Crippen molar-refractivity contribution in [2.24, 2.45) is 0 Å². The summed E-state index contributed by atoms with van der Waals surface area (Å²) in [5, 5.41) is 4.01. The molecule has 2 N–H and O–H groups in total. The number of amides is 1. The van der Waals surface area contributed by atoms with Gasteiger partial charge in [-0.3, -0.25) is 9.78 Å². The number of aromatic nitrogens is 2. The van der Waals surface area contributed by atoms with E-state index in [1.54, 1.807) is 6.20 Å². The predicted molar refractivity (Wildman–Crippen MR) is 122 cm³/mol. The number of H-pyrrole nitrogens is 1. The molecular formula is C25H25FN4O. The van der Waals surface area contributed by atoms with Crippen molar-refractivity contribution in [2.75, 3.05) is 18.9 Å². The van der Waals surface area contributed by atoms with Gasteiger partial charge in [0.15, 0.2) is 0 Å². The van der Waals surface area contributed by atoms with E-state index < -0.39 is 0 Å². The fraction of sp³-hybridized carbons (Fsp3) is 0.200. The van der Waals surface area contributed by atoms with Crippen LogP contribution < -0.4 is 5.32 Å². The molecule has 0 unspecified atom stereocenters. The second-order valence-corrected chi connectivity index (χ2v) is 7.80. The van der Waals surface area contributed by atoms with Gasteiger partial charge >= 0.3 is 0 Å². The molecule has 4 aromatic rings. The molecule has 0 atom stereocenters. The van der Waals surface area contributed by atoms with Crippen LogP contribution in [0, 0.1) is 12.7 Å². The number of likely N-dealkylation sites (N-methyl/N-ethyl adjacent to an activating group) is 1. The van der Waals surface area contributed by atoms with Crippen LogP contribution in [0.4, 0.5) is 10.1 Å². The van der Waals surface area contributed by atoms with Crippen molar-refractivity contribution in [3.05, 3.63) is 95.2 Å². The first-order chi connectivity index (χ1) is 15.0. The van der Waals surface area contributed by atoms with Crippen molar-refractivity contribution in [1.82, 2.24) is 14.9 Å². The van der Waals surface area contributed by atoms with Gasteiger partial charge in [0.05, 0.1) is 0 Å². The number of rotatable bonds is 7. The predicted octanol–water partition coefficient (Wildman–Crippen LogP) is 4.94. The topological polar surface area (TPSA) is 61.0 Å². The van der Waals surface area contributed by atoms with Crippen molar-refractivity contribution in [1.29, 1.82) is 0 Å². The van der Waals surface area contributed by atoms with E-state index >= 15 is 0 Å². The number of aromatic amines is 1. The van der Waals surface area contributed by atoms with Gasteiger partial charge < -0.3 is 15.2 Å². The maximum Gasteiger partial charge on any atom is 0.255 e. The molecule has 0 aliphatic rings. The van der Waals surface area contributed by atoms with Gasteiger partial charge in [0.1, 0.15) is 5.82 Å². The maximum atomic E-state index is 13.1. The van der Waals surface area contributed by atoms with E-state index in [1.165, 1.54) is 35.4 Å². The van der Waals surface area contributed by atoms with Crippen LogP contribution in [-0.4, -0.2) is 34.4 Å². The number of carbonyl (C=O) groups is 1. The summed E-state index contributed by atoms with van der Waals surface area (Å²) in [5.41, 5.74) is 5.74. The summed E-state index contributed by atoms with van der Waals surface area (Å²) >= 11 is 0. The highest BCUT2D eigenvalue weighted by molar-refractivity contribution is 6.05. The van der Waals surface area contributed by atoms with Crippen molar-refractivity contribution < 1.29 is 9.18 Å². The lowest BCUT2D eigenvalue weighted by Gasteiger charge is -2.16. The lowest BCUT2D eigenvalue weighted by atomic mass is 10.1. The molecule has 0 saturated heterocycles. The fourth-order valence-electron chi connectivity index (χ4n) is 3.77. The largest absolute Gasteiger partial charge is 0.358 e. The second-order valence-electron chi connectivity index (χ2n) is 7.80. The van der Waals surface area contributed by atoms with Crippen LogP contribution >= 0.6 is 0 Å². The molecule has 0 radical (unpaired) electrons. The number of fused-ring (bicyclic) bond motifs is 1. The number of pyridine rings is 1. The number of hydrogen-bond acceptors (Lipinski definition) is 3. The normalized spacial score (nSPS) is 11.2. The summed E-state index contributed by atoms with van der Waals surface area (Å²) in [5.74, 6) is -0.622. The summed E-state index contributed by atoms with van der Waals surface area (Å²) in [6, 6.07) is 15.4. The van der Waals surface area contributed by atoms with Gasteiger partial charge in [-0.05, 0) is 80.1 Å². The molecule has 5 nitrogen and oxygen atoms in total. The summed E-state index contributed by atoms with van der Waals surface area (Å²) in [6.45, 7) is 3.82. The Morgan fingerprint density at radius 3 is 2.71 bits per heavy atom. The third-order valence-corrected chi connectivity index (χ3v) is 5.40. The SMILES string of the molecule is Cc1[nH]c2ccc(NC(=O)c3ccc(F)cc3)cc2c1CCN(C)Cc1cccnc1. The lowest BCUT2D eigenvalue weighted by Crippen LogP contribution is -2.21. The maximum absolute atomic E-state index is 13.1. The monoisotopic (exact) mass is 416 g/mol. The van der Waals surface area contributed by atoms with E-state index in [2.05, 4.69) is 40.2 Å². The Balaban J connectivity index is 1.48. The zero-order chi connectivity index (χ0) is 21.8. The van der Waals surface area contributed by atoms with Crippen molar-refractivity contribution in [3.63, 3.8) is 0 Å². The Morgan fingerprint density at radius 1 is 1.16 bits per heavy atom. The van der Waals surface area contributed by atoms with Gasteiger partial charge in [0, 0.05) is 53.3 Å². The number of halogens is 1. The van der Waals surface area contributed by atoms with Gasteiger partial charge in [-0.2, -0.15) is 0 Å². The van der Waals surface area contributed by atoms with Crippen molar-refractivity contribution in [3.8, 4) is 0 Å². The minimum Gasteiger partial charge on any atom is -0.358 e. The number of nitrogens with zero attached hydrogens (tertiary/aromatic N) is 2. The summed E-state index contributed by atoms with van der Waals surface area (Å²) in [7, 11) is 2.10. The highest BCUT2D eigenvalue weighted by atomic mass is 19.1. The van der Waals surface area contributed by atoms with E-state index in [-0.39, 0.29) is 11.7 Å². The van der Waals surface area contributed by atoms with Crippen LogP contribution in [0.5, 0.6) is 0 Å². The number of anilines is 1. The van der Waals surface area contributed by atoms with Crippen molar-refractivity contribution >= 4 is 22.5 Å². The Morgan fingerprint density at radius 2 is 1.97 bits per heavy atom. The van der Waals surface area contributed by atoms with E-state index in [9.17, 15) is 9.18 Å². The molecule has 2 aromatic heterocycles. The molecule has 1 amide bonds. The molecule has 0 fully saturated rings. The number of aryl methyl sites for hydroxylation is 1. The Bertz CT molecular complexity index is 1190. The average molecular weight is 417 g/mol. The first-order valence-corrected chi connectivity index (χ1v) is 10.2. The average Bonchev–Trinajstić information content (AvgIpc) is 3.07. The molecule has 0 aliphatic carbocycles. The second kappa shape index (κ2) is 9.10. The summed E-state index contributed by atoms with van der Waals surface area (Å²) in [6.07, 6.45) is 4.56. The number of hydrogen-bond donors (Lipinski definition) is 2. The van der Waals surface area contributed by atoms with Crippen LogP contribution in [-0.2, 0) is 13.0 Å². The molecule has 158 valence electrons. The highest BCUT2D eigenvalue weighted by Crippen LogP contribution is 2.26. The quantitative estimate of drug-likeness (QED) is 0.449. The first-order valence-electron chi connectivity index (χ1n) is 10.2. The molecule has 0 spiro atoms. The lowest BCUT2D eigenvalue weighted by molar-refractivity contribution is 0.102. The van der Waals surface area contributed by atoms with E-state index in [0.717, 1.165) is 36.1 Å². The van der Waals surface area contributed by atoms with Crippen LogP contribution in [0.1, 0.15) is 27.2 Å². The van der Waals surface area contributed by atoms with E-state index in [0.29, 0.717) is 11.3 Å². The third-order valence-electron chi connectivity index (χ3n) is 5.40. The van der Waals surface area contributed by atoms with Gasteiger partial charge in [-0.1, -0.05) is 6.07 Å². The Labute approximate surface area is 180 Å². The van der Waals surface area contributed by atoms with Crippen LogP contribution in [0.25, 0.3) is 10.9 Å². The van der Waals surface area contributed by atoms with Crippen LogP contribution in [0.3, 0.4) is 0 Å². The molecule has 2 heterocycles. The van der Waals surface area contributed by atoms with Gasteiger partial charge in [-0.25, -0.2) is 4.39 Å². The molecule has 31 heavy (non-hydrogen) atoms. The van der Waals surface area contributed by atoms with Gasteiger partial charge in [0.25, 0.3) is 5.91 Å². The standard InChI is InChI=1S/C25H25FN4O/c1-17-22(11-13-30(2)16-18-4-3-12-27-15-18)23-14-21(9-10-24(23)28-17)29-25(31)19-5-7-20(26)8-6-19/h3-10,12,14-15,28H,11,13,16H2,1-2H3,(H,29,31). The molecule has 4 rings (SSSR count). The molecular weight excluding hydrogens is 391 g/mol. The Kier molecular flexibility index (Phi) is 6.09. The fourth-order valence-corrected chi connectivity index (χ4v) is 3.77. The summed E-state index contributed by atoms with van der Waals surface area (Å²) < 4.78 is 13.1. The van der Waals surface area contributed by atoms with Crippen molar-refractivity contribution in [2.45, 2.75) is 19.9 Å². The number of benzene rings is 2. The molecule has 0 bridgehead atoms. The zero-order valence-electron chi connectivity index (χ0n) is 17.7. The molecule has 0 aliphatic heterocycles. The smallest absolute Gasteiger partial charge is 0.255 e. The third kappa shape index (κ3) is 4.98. The Hall–Kier alpha value is -3.51.